The van der Waals surface area contributed by atoms with Gasteiger partial charge in [0.15, 0.2) is 5.13 Å². The van der Waals surface area contributed by atoms with Gasteiger partial charge in [0.05, 0.1) is 22.5 Å². The molecular weight excluding hydrogens is 452 g/mol. The van der Waals surface area contributed by atoms with E-state index in [9.17, 15) is 9.59 Å². The van der Waals surface area contributed by atoms with E-state index in [0.717, 1.165) is 31.7 Å². The first-order valence-electron chi connectivity index (χ1n) is 10.6. The maximum atomic E-state index is 13.0. The normalized spacial score (nSPS) is 13.3. The number of para-hydroxylation sites is 1. The van der Waals surface area contributed by atoms with Crippen LogP contribution in [0.5, 0.6) is 0 Å². The van der Waals surface area contributed by atoms with Gasteiger partial charge in [0.2, 0.25) is 0 Å². The third-order valence-corrected chi connectivity index (χ3v) is 7.16. The highest BCUT2D eigenvalue weighted by Crippen LogP contribution is 2.30. The van der Waals surface area contributed by atoms with Gasteiger partial charge in [-0.15, -0.1) is 11.3 Å². The molecular formula is C25H22N4O2S2. The number of hydrogen-bond donors (Lipinski definition) is 2. The fourth-order valence-corrected chi connectivity index (χ4v) is 5.50. The number of carbonyl (C=O) groups excluding carboxylic acids is 2. The van der Waals surface area contributed by atoms with E-state index >= 15 is 0 Å². The van der Waals surface area contributed by atoms with E-state index in [-0.39, 0.29) is 11.8 Å². The van der Waals surface area contributed by atoms with Crippen LogP contribution in [0.3, 0.4) is 0 Å². The minimum absolute atomic E-state index is 0.236. The lowest BCUT2D eigenvalue weighted by Crippen LogP contribution is -2.29. The smallest absolute Gasteiger partial charge is 0.259 e. The zero-order chi connectivity index (χ0) is 22.6. The number of aromatic nitrogens is 1. The van der Waals surface area contributed by atoms with Gasteiger partial charge >= 0.3 is 0 Å². The lowest BCUT2D eigenvalue weighted by atomic mass is 10.1. The summed E-state index contributed by atoms with van der Waals surface area (Å²) < 4.78 is 0. The summed E-state index contributed by atoms with van der Waals surface area (Å²) in [7, 11) is 0. The van der Waals surface area contributed by atoms with Crippen LogP contribution in [0.4, 0.5) is 10.8 Å². The average Bonchev–Trinajstić information content (AvgIpc) is 3.50. The Hall–Kier alpha value is -3.33. The monoisotopic (exact) mass is 474 g/mol. The summed E-state index contributed by atoms with van der Waals surface area (Å²) in [6, 6.07) is 19.2. The second-order valence-electron chi connectivity index (χ2n) is 7.80. The first-order chi connectivity index (χ1) is 16.2. The molecule has 2 N–H and O–H groups in total. The van der Waals surface area contributed by atoms with Crippen LogP contribution >= 0.6 is 22.7 Å². The second kappa shape index (κ2) is 9.66. The Morgan fingerprint density at radius 1 is 0.970 bits per heavy atom. The van der Waals surface area contributed by atoms with Crippen molar-refractivity contribution < 1.29 is 9.59 Å². The summed E-state index contributed by atoms with van der Waals surface area (Å²) in [5.41, 5.74) is 3.79. The molecule has 0 unspecified atom stereocenters. The minimum Gasteiger partial charge on any atom is -0.321 e. The molecule has 2 aromatic heterocycles. The Morgan fingerprint density at radius 2 is 1.79 bits per heavy atom. The highest BCUT2D eigenvalue weighted by molar-refractivity contribution is 7.15. The molecule has 6 nitrogen and oxygen atoms in total. The number of hydrogen-bond acceptors (Lipinski definition) is 6. The molecule has 5 rings (SSSR count). The van der Waals surface area contributed by atoms with Crippen molar-refractivity contribution in [2.24, 2.45) is 0 Å². The number of amides is 2. The molecule has 1 aliphatic heterocycles. The van der Waals surface area contributed by atoms with Crippen molar-refractivity contribution in [2.45, 2.75) is 19.5 Å². The number of carbonyl (C=O) groups is 2. The average molecular weight is 475 g/mol. The van der Waals surface area contributed by atoms with E-state index in [2.05, 4.69) is 44.8 Å². The molecule has 1 aliphatic rings. The number of thiazole rings is 1. The zero-order valence-corrected chi connectivity index (χ0v) is 19.4. The summed E-state index contributed by atoms with van der Waals surface area (Å²) >= 11 is 2.97. The van der Waals surface area contributed by atoms with Crippen molar-refractivity contribution in [1.29, 1.82) is 0 Å². The van der Waals surface area contributed by atoms with Gasteiger partial charge in [0, 0.05) is 36.3 Å². The molecule has 3 heterocycles. The lowest BCUT2D eigenvalue weighted by Gasteiger charge is -2.25. The third-order valence-electron chi connectivity index (χ3n) is 5.48. The number of benzene rings is 2. The van der Waals surface area contributed by atoms with E-state index < -0.39 is 0 Å². The molecule has 0 spiro atoms. The van der Waals surface area contributed by atoms with Crippen LogP contribution in [0, 0.1) is 0 Å². The van der Waals surface area contributed by atoms with E-state index in [1.54, 1.807) is 35.7 Å². The standard InChI is InChI=1S/C25H22N4O2S2/c30-23(18-11-13-32-16-18)26-20-9-5-4-8-19(20)24(31)28-25-27-21-10-12-29(15-22(21)33-25)14-17-6-2-1-3-7-17/h1-9,11,13,16H,10,12,14-15H2,(H,26,30)(H,27,28,31). The third kappa shape index (κ3) is 5.03. The number of nitrogens with zero attached hydrogens (tertiary/aromatic N) is 2. The van der Waals surface area contributed by atoms with E-state index in [1.807, 2.05) is 11.4 Å². The summed E-state index contributed by atoms with van der Waals surface area (Å²) in [5, 5.41) is 9.98. The minimum atomic E-state index is -0.288. The summed E-state index contributed by atoms with van der Waals surface area (Å²) in [5.74, 6) is -0.525. The highest BCUT2D eigenvalue weighted by atomic mass is 32.1. The van der Waals surface area contributed by atoms with Crippen molar-refractivity contribution >= 4 is 45.3 Å². The molecule has 4 aromatic rings. The summed E-state index contributed by atoms with van der Waals surface area (Å²) in [6.45, 7) is 2.67. The van der Waals surface area contributed by atoms with Gasteiger partial charge in [-0.05, 0) is 29.1 Å². The van der Waals surface area contributed by atoms with Crippen molar-refractivity contribution in [2.75, 3.05) is 17.2 Å². The first kappa shape index (κ1) is 21.5. The SMILES string of the molecule is O=C(Nc1ccccc1C(=O)Nc1nc2c(s1)CN(Cc1ccccc1)CC2)c1ccsc1. The number of thiophene rings is 1. The van der Waals surface area contributed by atoms with Gasteiger partial charge in [-0.2, -0.15) is 11.3 Å². The van der Waals surface area contributed by atoms with Crippen LogP contribution in [0.15, 0.2) is 71.4 Å². The van der Waals surface area contributed by atoms with Gasteiger partial charge in [0.1, 0.15) is 0 Å². The Labute approximate surface area is 199 Å². The maximum Gasteiger partial charge on any atom is 0.259 e. The fraction of sp³-hybridized carbons (Fsp3) is 0.160. The van der Waals surface area contributed by atoms with Crippen molar-refractivity contribution in [3.05, 3.63) is 98.7 Å². The van der Waals surface area contributed by atoms with Crippen molar-refractivity contribution in [1.82, 2.24) is 9.88 Å². The Morgan fingerprint density at radius 3 is 2.61 bits per heavy atom. The molecule has 0 saturated heterocycles. The van der Waals surface area contributed by atoms with Crippen LogP contribution < -0.4 is 10.6 Å². The topological polar surface area (TPSA) is 74.3 Å². The highest BCUT2D eigenvalue weighted by Gasteiger charge is 2.22. The van der Waals surface area contributed by atoms with Gasteiger partial charge in [0.25, 0.3) is 11.8 Å². The predicted molar refractivity (Wildman–Crippen MR) is 133 cm³/mol. The quantitative estimate of drug-likeness (QED) is 0.399. The Bertz CT molecular complexity index is 1270. The Kier molecular flexibility index (Phi) is 6.30. The first-order valence-corrected chi connectivity index (χ1v) is 12.4. The molecule has 2 amide bonds. The van der Waals surface area contributed by atoms with Gasteiger partial charge in [-0.25, -0.2) is 4.98 Å². The molecule has 0 aliphatic carbocycles. The van der Waals surface area contributed by atoms with E-state index in [4.69, 9.17) is 0 Å². The molecule has 33 heavy (non-hydrogen) atoms. The molecule has 0 atom stereocenters. The summed E-state index contributed by atoms with van der Waals surface area (Å²) in [6.07, 6.45) is 0.863. The largest absolute Gasteiger partial charge is 0.321 e. The van der Waals surface area contributed by atoms with E-state index in [1.165, 1.54) is 33.1 Å². The van der Waals surface area contributed by atoms with Crippen molar-refractivity contribution in [3.63, 3.8) is 0 Å². The number of anilines is 2. The molecule has 166 valence electrons. The van der Waals surface area contributed by atoms with Crippen LogP contribution in [-0.2, 0) is 19.5 Å². The number of rotatable bonds is 6. The summed E-state index contributed by atoms with van der Waals surface area (Å²) in [4.78, 5) is 33.7. The molecule has 2 aromatic carbocycles. The van der Waals surface area contributed by atoms with E-state index in [0.29, 0.717) is 21.9 Å². The zero-order valence-electron chi connectivity index (χ0n) is 17.8. The van der Waals surface area contributed by atoms with Crippen LogP contribution in [-0.4, -0.2) is 28.2 Å². The molecule has 0 bridgehead atoms. The van der Waals surface area contributed by atoms with Crippen LogP contribution in [0.2, 0.25) is 0 Å². The number of fused-ring (bicyclic) bond motifs is 1. The van der Waals surface area contributed by atoms with Gasteiger partial charge < -0.3 is 5.32 Å². The van der Waals surface area contributed by atoms with Gasteiger partial charge in [-0.1, -0.05) is 42.5 Å². The molecule has 0 radical (unpaired) electrons. The predicted octanol–water partition coefficient (Wildman–Crippen LogP) is 5.27. The van der Waals surface area contributed by atoms with Crippen LogP contribution in [0.1, 0.15) is 36.9 Å². The Balaban J connectivity index is 1.27. The molecule has 0 fully saturated rings. The molecule has 0 saturated carbocycles. The second-order valence-corrected chi connectivity index (χ2v) is 9.66. The number of nitrogens with one attached hydrogen (secondary N) is 2. The maximum absolute atomic E-state index is 13.0. The fourth-order valence-electron chi connectivity index (χ4n) is 3.82. The lowest BCUT2D eigenvalue weighted by molar-refractivity contribution is 0.102. The van der Waals surface area contributed by atoms with Gasteiger partial charge in [-0.3, -0.25) is 19.8 Å². The van der Waals surface area contributed by atoms with Crippen LogP contribution in [0.25, 0.3) is 0 Å². The molecule has 8 heteroatoms. The van der Waals surface area contributed by atoms with Crippen molar-refractivity contribution in [3.8, 4) is 0 Å².